The number of sulfone groups is 1. The molecule has 4 nitrogen and oxygen atoms in total. The molecule has 4 saturated carbocycles. The monoisotopic (exact) mass is 395 g/mol. The first-order valence-electron chi connectivity index (χ1n) is 9.52. The van der Waals surface area contributed by atoms with Crippen LogP contribution >= 0.6 is 11.6 Å². The quantitative estimate of drug-likeness (QED) is 0.816. The van der Waals surface area contributed by atoms with Crippen LogP contribution in [-0.4, -0.2) is 27.1 Å². The Balaban J connectivity index is 1.39. The van der Waals surface area contributed by atoms with Gasteiger partial charge in [0.25, 0.3) is 5.91 Å². The first kappa shape index (κ1) is 18.3. The summed E-state index contributed by atoms with van der Waals surface area (Å²) < 4.78 is 23.6. The summed E-state index contributed by atoms with van der Waals surface area (Å²) in [6, 6.07) is 4.43. The minimum absolute atomic E-state index is 0.00732. The second kappa shape index (κ2) is 6.52. The number of carbonyl (C=O) groups excluding carboxylic acids is 1. The van der Waals surface area contributed by atoms with Crippen molar-refractivity contribution in [2.24, 2.45) is 23.2 Å². The molecule has 4 aliphatic carbocycles. The Bertz CT molecular complexity index is 798. The van der Waals surface area contributed by atoms with Crippen molar-refractivity contribution in [2.75, 3.05) is 12.8 Å². The molecule has 0 saturated heterocycles. The smallest absolute Gasteiger partial charge is 0.251 e. The first-order chi connectivity index (χ1) is 12.2. The van der Waals surface area contributed by atoms with Crippen molar-refractivity contribution < 1.29 is 13.2 Å². The molecule has 1 N–H and O–H groups in total. The highest BCUT2D eigenvalue weighted by atomic mass is 35.5. The number of benzene rings is 1. The normalized spacial score (nSPS) is 32.6. The summed E-state index contributed by atoms with van der Waals surface area (Å²) in [6.07, 6.45) is 10.4. The summed E-state index contributed by atoms with van der Waals surface area (Å²) >= 11 is 5.96. The van der Waals surface area contributed by atoms with Crippen molar-refractivity contribution >= 4 is 27.3 Å². The van der Waals surface area contributed by atoms with Crippen LogP contribution < -0.4 is 5.32 Å². The maximum absolute atomic E-state index is 12.5. The molecule has 0 spiro atoms. The molecule has 4 aliphatic rings. The van der Waals surface area contributed by atoms with Crippen molar-refractivity contribution in [3.8, 4) is 0 Å². The van der Waals surface area contributed by atoms with Gasteiger partial charge in [-0.1, -0.05) is 11.6 Å². The van der Waals surface area contributed by atoms with E-state index in [9.17, 15) is 13.2 Å². The van der Waals surface area contributed by atoms with Gasteiger partial charge in [0, 0.05) is 18.4 Å². The van der Waals surface area contributed by atoms with Gasteiger partial charge in [0.2, 0.25) is 0 Å². The number of hydrogen-bond donors (Lipinski definition) is 1. The number of hydrogen-bond acceptors (Lipinski definition) is 3. The lowest BCUT2D eigenvalue weighted by atomic mass is 9.49. The molecule has 5 rings (SSSR count). The van der Waals surface area contributed by atoms with Crippen LogP contribution in [-0.2, 0) is 9.84 Å². The van der Waals surface area contributed by atoms with Gasteiger partial charge in [-0.3, -0.25) is 4.79 Å². The zero-order valence-corrected chi connectivity index (χ0v) is 16.7. The van der Waals surface area contributed by atoms with Crippen molar-refractivity contribution in [3.63, 3.8) is 0 Å². The van der Waals surface area contributed by atoms with Gasteiger partial charge in [0.15, 0.2) is 9.84 Å². The Hall–Kier alpha value is -1.07. The lowest BCUT2D eigenvalue weighted by Crippen LogP contribution is -2.47. The largest absolute Gasteiger partial charge is 0.352 e. The molecule has 0 unspecified atom stereocenters. The van der Waals surface area contributed by atoms with Crippen LogP contribution in [0.1, 0.15) is 55.3 Å². The van der Waals surface area contributed by atoms with E-state index in [1.54, 1.807) is 6.07 Å². The number of halogens is 1. The Kier molecular flexibility index (Phi) is 4.59. The minimum atomic E-state index is -3.45. The maximum atomic E-state index is 12.5. The fourth-order valence-corrected chi connectivity index (χ4v) is 7.37. The third kappa shape index (κ3) is 3.53. The third-order valence-electron chi connectivity index (χ3n) is 6.70. The molecule has 0 radical (unpaired) electrons. The second-order valence-electron chi connectivity index (χ2n) is 8.84. The number of rotatable bonds is 5. The number of amides is 1. The molecular weight excluding hydrogens is 370 g/mol. The van der Waals surface area contributed by atoms with Gasteiger partial charge in [-0.2, -0.15) is 0 Å². The fraction of sp³-hybridized carbons (Fsp3) is 0.650. The summed E-state index contributed by atoms with van der Waals surface area (Å²) in [5.74, 6) is 2.50. The van der Waals surface area contributed by atoms with Gasteiger partial charge in [0.05, 0.1) is 9.92 Å². The topological polar surface area (TPSA) is 63.2 Å². The van der Waals surface area contributed by atoms with Crippen molar-refractivity contribution in [3.05, 3.63) is 28.8 Å². The number of carbonyl (C=O) groups is 1. The zero-order valence-electron chi connectivity index (χ0n) is 15.1. The fourth-order valence-electron chi connectivity index (χ4n) is 6.07. The summed E-state index contributed by atoms with van der Waals surface area (Å²) in [5.41, 5.74) is 0.778. The van der Waals surface area contributed by atoms with Crippen LogP contribution in [0.5, 0.6) is 0 Å². The van der Waals surface area contributed by atoms with Crippen molar-refractivity contribution in [1.82, 2.24) is 5.32 Å². The van der Waals surface area contributed by atoms with Crippen molar-refractivity contribution in [2.45, 2.75) is 49.8 Å². The molecule has 1 aromatic rings. The Morgan fingerprint density at radius 2 is 1.73 bits per heavy atom. The van der Waals surface area contributed by atoms with E-state index in [4.69, 9.17) is 11.6 Å². The molecule has 26 heavy (non-hydrogen) atoms. The molecule has 0 atom stereocenters. The highest BCUT2D eigenvalue weighted by molar-refractivity contribution is 7.90. The third-order valence-corrected chi connectivity index (χ3v) is 8.28. The first-order valence-corrected chi connectivity index (χ1v) is 11.8. The average molecular weight is 396 g/mol. The summed E-state index contributed by atoms with van der Waals surface area (Å²) in [4.78, 5) is 12.5. The molecule has 1 aromatic carbocycles. The van der Waals surface area contributed by atoms with Gasteiger partial charge in [0.1, 0.15) is 0 Å². The summed E-state index contributed by atoms with van der Waals surface area (Å²) in [5, 5.41) is 3.15. The standard InChI is InChI=1S/C20H26ClNO3S/c1-26(24,25)18-9-16(2-3-17(18)21)19(23)22-5-4-20-10-13-6-14(11-20)8-15(7-13)12-20/h2-3,9,13-15H,4-8,10-12H2,1H3,(H,22,23). The Labute approximate surface area is 160 Å². The predicted octanol–water partition coefficient (Wildman–Crippen LogP) is 4.08. The van der Waals surface area contributed by atoms with E-state index in [-0.39, 0.29) is 15.8 Å². The van der Waals surface area contributed by atoms with Crippen LogP contribution in [0.3, 0.4) is 0 Å². The van der Waals surface area contributed by atoms with Crippen molar-refractivity contribution in [1.29, 1.82) is 0 Å². The average Bonchev–Trinajstić information content (AvgIpc) is 2.52. The Morgan fingerprint density at radius 1 is 1.15 bits per heavy atom. The minimum Gasteiger partial charge on any atom is -0.352 e. The van der Waals surface area contributed by atoms with Crippen LogP contribution in [0.2, 0.25) is 5.02 Å². The van der Waals surface area contributed by atoms with E-state index in [2.05, 4.69) is 5.32 Å². The molecule has 4 bridgehead atoms. The molecule has 142 valence electrons. The molecule has 0 aromatic heterocycles. The predicted molar refractivity (Wildman–Crippen MR) is 102 cm³/mol. The van der Waals surface area contributed by atoms with E-state index < -0.39 is 9.84 Å². The number of nitrogens with one attached hydrogen (secondary N) is 1. The van der Waals surface area contributed by atoms with Gasteiger partial charge in [-0.25, -0.2) is 8.42 Å². The summed E-state index contributed by atoms with van der Waals surface area (Å²) in [7, 11) is -3.45. The molecule has 0 aliphatic heterocycles. The maximum Gasteiger partial charge on any atom is 0.251 e. The van der Waals surface area contributed by atoms with Gasteiger partial charge in [-0.15, -0.1) is 0 Å². The lowest BCUT2D eigenvalue weighted by molar-refractivity contribution is -0.0564. The second-order valence-corrected chi connectivity index (χ2v) is 11.2. The van der Waals surface area contributed by atoms with E-state index in [0.717, 1.165) is 30.4 Å². The van der Waals surface area contributed by atoms with Crippen LogP contribution in [0, 0.1) is 23.2 Å². The highest BCUT2D eigenvalue weighted by Crippen LogP contribution is 2.61. The van der Waals surface area contributed by atoms with Crippen LogP contribution in [0.4, 0.5) is 0 Å². The molecular formula is C20H26ClNO3S. The van der Waals surface area contributed by atoms with E-state index >= 15 is 0 Å². The SMILES string of the molecule is CS(=O)(=O)c1cc(C(=O)NCCC23CC4CC(CC(C4)C2)C3)ccc1Cl. The van der Waals surface area contributed by atoms with Crippen LogP contribution in [0.15, 0.2) is 23.1 Å². The van der Waals surface area contributed by atoms with Gasteiger partial charge < -0.3 is 5.32 Å². The Morgan fingerprint density at radius 3 is 2.27 bits per heavy atom. The highest BCUT2D eigenvalue weighted by Gasteiger charge is 2.50. The van der Waals surface area contributed by atoms with Gasteiger partial charge >= 0.3 is 0 Å². The van der Waals surface area contributed by atoms with E-state index in [0.29, 0.717) is 17.5 Å². The zero-order chi connectivity index (χ0) is 18.5. The molecule has 1 amide bonds. The molecule has 4 fully saturated rings. The van der Waals surface area contributed by atoms with Crippen LogP contribution in [0.25, 0.3) is 0 Å². The molecule has 6 heteroatoms. The lowest BCUT2D eigenvalue weighted by Gasteiger charge is -2.57. The van der Waals surface area contributed by atoms with E-state index in [1.165, 1.54) is 50.7 Å². The van der Waals surface area contributed by atoms with Gasteiger partial charge in [-0.05, 0) is 86.3 Å². The summed E-state index contributed by atoms with van der Waals surface area (Å²) in [6.45, 7) is 0.655. The van der Waals surface area contributed by atoms with E-state index in [1.807, 2.05) is 0 Å². The molecule has 0 heterocycles.